The molecule has 2 bridgehead atoms. The highest BCUT2D eigenvalue weighted by atomic mass is 19.1. The van der Waals surface area contributed by atoms with Gasteiger partial charge in [-0.05, 0) is 30.5 Å². The molecule has 2 N–H and O–H groups in total. The van der Waals surface area contributed by atoms with Crippen molar-refractivity contribution in [1.82, 2.24) is 9.88 Å². The molecule has 33 heavy (non-hydrogen) atoms. The van der Waals surface area contributed by atoms with Crippen LogP contribution >= 0.6 is 0 Å². The lowest BCUT2D eigenvalue weighted by atomic mass is 10.0. The first kappa shape index (κ1) is 20.9. The zero-order valence-electron chi connectivity index (χ0n) is 17.3. The van der Waals surface area contributed by atoms with E-state index in [1.807, 2.05) is 24.3 Å². The molecular weight excluding hydrogens is 432 g/mol. The van der Waals surface area contributed by atoms with Gasteiger partial charge in [-0.2, -0.15) is 0 Å². The Morgan fingerprint density at radius 2 is 1.94 bits per heavy atom. The predicted molar refractivity (Wildman–Crippen MR) is 115 cm³/mol. The van der Waals surface area contributed by atoms with Crippen LogP contribution in [0.2, 0.25) is 0 Å². The highest BCUT2D eigenvalue weighted by Crippen LogP contribution is 2.37. The van der Waals surface area contributed by atoms with Gasteiger partial charge in [0.05, 0.1) is 6.04 Å². The molecule has 168 valence electrons. The highest BCUT2D eigenvalue weighted by molar-refractivity contribution is 6.08. The van der Waals surface area contributed by atoms with E-state index in [1.165, 1.54) is 16.8 Å². The fourth-order valence-electron chi connectivity index (χ4n) is 4.47. The predicted octanol–water partition coefficient (Wildman–Crippen LogP) is 2.91. The van der Waals surface area contributed by atoms with Crippen LogP contribution in [0.3, 0.4) is 0 Å². The Labute approximate surface area is 186 Å². The summed E-state index contributed by atoms with van der Waals surface area (Å²) in [6, 6.07) is 10.2. The second kappa shape index (κ2) is 7.84. The number of rotatable bonds is 3. The van der Waals surface area contributed by atoms with Gasteiger partial charge < -0.3 is 19.9 Å². The Morgan fingerprint density at radius 1 is 1.15 bits per heavy atom. The van der Waals surface area contributed by atoms with Gasteiger partial charge in [0.1, 0.15) is 17.2 Å². The van der Waals surface area contributed by atoms with Crippen molar-refractivity contribution in [3.05, 3.63) is 92.9 Å². The highest BCUT2D eigenvalue weighted by Gasteiger charge is 2.38. The lowest BCUT2D eigenvalue weighted by Crippen LogP contribution is -2.44. The molecular formula is C24H19F2N3O4. The smallest absolute Gasteiger partial charge is 0.279 e. The number of benzene rings is 2. The number of pyridine rings is 1. The fourth-order valence-corrected chi connectivity index (χ4v) is 4.47. The van der Waals surface area contributed by atoms with Gasteiger partial charge in [0.25, 0.3) is 11.8 Å². The maximum atomic E-state index is 13.9. The average molecular weight is 451 g/mol. The lowest BCUT2D eigenvalue weighted by molar-refractivity contribution is 0.0929. The summed E-state index contributed by atoms with van der Waals surface area (Å²) >= 11 is 0. The number of halogens is 2. The van der Waals surface area contributed by atoms with Crippen LogP contribution in [0, 0.1) is 11.6 Å². The minimum absolute atomic E-state index is 0.0411. The zero-order valence-corrected chi connectivity index (χ0v) is 17.3. The summed E-state index contributed by atoms with van der Waals surface area (Å²) in [5, 5.41) is 13.1. The third-order valence-corrected chi connectivity index (χ3v) is 6.17. The third-order valence-electron chi connectivity index (χ3n) is 6.17. The van der Waals surface area contributed by atoms with E-state index in [1.54, 1.807) is 4.90 Å². The summed E-state index contributed by atoms with van der Waals surface area (Å²) in [6.45, 7) is 0.0609. The second-order valence-electron chi connectivity index (χ2n) is 8.13. The first-order valence-electron chi connectivity index (χ1n) is 10.4. The van der Waals surface area contributed by atoms with Crippen LogP contribution < -0.4 is 15.6 Å². The first-order valence-corrected chi connectivity index (χ1v) is 10.4. The van der Waals surface area contributed by atoms with E-state index in [9.17, 15) is 28.3 Å². The minimum atomic E-state index is -0.986. The molecule has 3 heterocycles. The van der Waals surface area contributed by atoms with Crippen LogP contribution in [0.25, 0.3) is 0 Å². The van der Waals surface area contributed by atoms with Gasteiger partial charge in [-0.3, -0.25) is 14.4 Å². The number of carbonyl (C=O) groups excluding carboxylic acids is 2. The number of aromatic nitrogens is 1. The van der Waals surface area contributed by atoms with Gasteiger partial charge in [0.15, 0.2) is 11.4 Å². The van der Waals surface area contributed by atoms with E-state index < -0.39 is 34.6 Å². The molecule has 0 aliphatic carbocycles. The number of carbonyl (C=O) groups is 2. The van der Waals surface area contributed by atoms with Crippen molar-refractivity contribution in [2.75, 3.05) is 11.4 Å². The fraction of sp³-hybridized carbons (Fsp3) is 0.208. The van der Waals surface area contributed by atoms with Crippen LogP contribution in [0.15, 0.2) is 53.5 Å². The van der Waals surface area contributed by atoms with E-state index in [0.717, 1.165) is 17.3 Å². The summed E-state index contributed by atoms with van der Waals surface area (Å²) < 4.78 is 28.5. The summed E-state index contributed by atoms with van der Waals surface area (Å²) in [5.41, 5.74) is 0.268. The molecule has 9 heteroatoms. The van der Waals surface area contributed by atoms with Crippen molar-refractivity contribution in [3.63, 3.8) is 0 Å². The molecule has 1 atom stereocenters. The molecule has 1 aromatic heterocycles. The van der Waals surface area contributed by atoms with Gasteiger partial charge in [-0.1, -0.05) is 24.3 Å². The van der Waals surface area contributed by atoms with Crippen molar-refractivity contribution >= 4 is 17.5 Å². The largest absolute Gasteiger partial charge is 0.503 e. The lowest BCUT2D eigenvalue weighted by Gasteiger charge is -2.35. The van der Waals surface area contributed by atoms with Crippen molar-refractivity contribution in [2.24, 2.45) is 0 Å². The van der Waals surface area contributed by atoms with Crippen LogP contribution in [0.1, 0.15) is 44.4 Å². The standard InChI is InChI=1S/C24H19F2N3O4/c25-15-7-5-14(18(26)9-15)10-27-23(32)17-12-28-16-8-6-13-3-1-2-4-19(13)29(11-16)24(33)20(28)22(31)21(17)30/h1-5,7,9,12,16,31H,6,8,10-11H2,(H,27,32)/t16-/m1/s1. The molecule has 2 aliphatic rings. The molecule has 0 saturated heterocycles. The Hall–Kier alpha value is -4.01. The molecule has 0 radical (unpaired) electrons. The number of anilines is 1. The molecule has 7 nitrogen and oxygen atoms in total. The van der Waals surface area contributed by atoms with Gasteiger partial charge >= 0.3 is 0 Å². The summed E-state index contributed by atoms with van der Waals surface area (Å²) in [4.78, 5) is 40.3. The van der Waals surface area contributed by atoms with Gasteiger partial charge in [-0.15, -0.1) is 0 Å². The number of aryl methyl sites for hydroxylation is 1. The monoisotopic (exact) mass is 451 g/mol. The van der Waals surface area contributed by atoms with Crippen molar-refractivity contribution in [3.8, 4) is 5.75 Å². The minimum Gasteiger partial charge on any atom is -0.503 e. The van der Waals surface area contributed by atoms with Gasteiger partial charge in [-0.25, -0.2) is 8.78 Å². The topological polar surface area (TPSA) is 91.6 Å². The molecule has 0 spiro atoms. The number of amides is 2. The van der Waals surface area contributed by atoms with Gasteiger partial charge in [0.2, 0.25) is 5.43 Å². The quantitative estimate of drug-likeness (QED) is 0.641. The normalized spacial score (nSPS) is 16.6. The Morgan fingerprint density at radius 3 is 2.73 bits per heavy atom. The van der Waals surface area contributed by atoms with Crippen LogP contribution in [-0.4, -0.2) is 28.0 Å². The second-order valence-corrected chi connectivity index (χ2v) is 8.13. The number of hydrogen-bond donors (Lipinski definition) is 2. The SMILES string of the molecule is O=C(NCc1ccc(F)cc1F)c1cn2c(c(O)c1=O)C(=O)N1C[C@H]2CCc2ccccc21. The van der Waals surface area contributed by atoms with E-state index in [-0.39, 0.29) is 29.4 Å². The number of para-hydroxylation sites is 1. The van der Waals surface area contributed by atoms with Gasteiger partial charge in [0, 0.05) is 36.6 Å². The van der Waals surface area contributed by atoms with Crippen molar-refractivity contribution in [1.29, 1.82) is 0 Å². The molecule has 0 unspecified atom stereocenters. The van der Waals surface area contributed by atoms with E-state index in [2.05, 4.69) is 5.32 Å². The van der Waals surface area contributed by atoms with E-state index >= 15 is 0 Å². The Balaban J connectivity index is 1.49. The molecule has 0 saturated carbocycles. The van der Waals surface area contributed by atoms with E-state index in [0.29, 0.717) is 25.5 Å². The first-order chi connectivity index (χ1) is 15.8. The average Bonchev–Trinajstić information content (AvgIpc) is 2.97. The zero-order chi connectivity index (χ0) is 23.3. The third kappa shape index (κ3) is 3.45. The summed E-state index contributed by atoms with van der Waals surface area (Å²) in [7, 11) is 0. The Kier molecular flexibility index (Phi) is 4.96. The molecule has 5 rings (SSSR count). The number of hydrogen-bond acceptors (Lipinski definition) is 4. The summed E-state index contributed by atoms with van der Waals surface area (Å²) in [6.07, 6.45) is 2.60. The Bertz CT molecular complexity index is 1370. The van der Waals surface area contributed by atoms with Crippen LogP contribution in [-0.2, 0) is 13.0 Å². The van der Waals surface area contributed by atoms with E-state index in [4.69, 9.17) is 0 Å². The summed E-state index contributed by atoms with van der Waals surface area (Å²) in [5.74, 6) is -3.72. The number of nitrogens with zero attached hydrogens (tertiary/aromatic N) is 2. The van der Waals surface area contributed by atoms with Crippen molar-refractivity contribution < 1.29 is 23.5 Å². The molecule has 2 aromatic carbocycles. The maximum absolute atomic E-state index is 13.9. The maximum Gasteiger partial charge on any atom is 0.279 e. The number of nitrogens with one attached hydrogen (secondary N) is 1. The van der Waals surface area contributed by atoms with Crippen LogP contribution in [0.4, 0.5) is 14.5 Å². The number of fused-ring (bicyclic) bond motifs is 6. The van der Waals surface area contributed by atoms with Crippen molar-refractivity contribution in [2.45, 2.75) is 25.4 Å². The molecule has 2 amide bonds. The number of aromatic hydroxyl groups is 1. The molecule has 3 aromatic rings. The molecule has 2 aliphatic heterocycles. The molecule has 0 fully saturated rings. The van der Waals surface area contributed by atoms with Crippen LogP contribution in [0.5, 0.6) is 5.75 Å².